The number of carbonyl (C=O) groups is 8. The van der Waals surface area contributed by atoms with Crippen LogP contribution in [-0.4, -0.2) is 156 Å². The minimum absolute atomic E-state index is 0.0211. The van der Waals surface area contributed by atoms with Crippen molar-refractivity contribution < 1.29 is 47.8 Å². The first kappa shape index (κ1) is 57.5. The summed E-state index contributed by atoms with van der Waals surface area (Å²) in [5, 5.41) is 24.1. The van der Waals surface area contributed by atoms with Gasteiger partial charge in [-0.05, 0) is 90.4 Å². The van der Waals surface area contributed by atoms with Gasteiger partial charge in [0.25, 0.3) is 11.8 Å². The number of amides is 8. The molecule has 0 spiro atoms. The van der Waals surface area contributed by atoms with Crippen LogP contribution < -0.4 is 52.0 Å². The van der Waals surface area contributed by atoms with Crippen molar-refractivity contribution in [3.63, 3.8) is 0 Å². The maximum Gasteiger partial charge on any atom is 0.271 e. The molecule has 430 valence electrons. The van der Waals surface area contributed by atoms with Gasteiger partial charge in [-0.2, -0.15) is 0 Å². The molecular weight excluding hydrogens is 1020 g/mol. The van der Waals surface area contributed by atoms with Gasteiger partial charge in [-0.15, -0.1) is 0 Å². The van der Waals surface area contributed by atoms with Crippen molar-refractivity contribution in [2.45, 2.75) is 164 Å². The van der Waals surface area contributed by atoms with E-state index in [-0.39, 0.29) is 73.1 Å². The first-order valence-electron chi connectivity index (χ1n) is 28.7. The van der Waals surface area contributed by atoms with Gasteiger partial charge in [0.2, 0.25) is 35.4 Å². The Morgan fingerprint density at radius 1 is 0.525 bits per heavy atom. The number of aromatic nitrogens is 2. The van der Waals surface area contributed by atoms with E-state index in [1.807, 2.05) is 48.5 Å². The summed E-state index contributed by atoms with van der Waals surface area (Å²) in [7, 11) is 3.34. The lowest BCUT2D eigenvalue weighted by Gasteiger charge is -2.35. The molecule has 80 heavy (non-hydrogen) atoms. The number of hydrogen-bond acceptors (Lipinski definition) is 14. The van der Waals surface area contributed by atoms with Gasteiger partial charge in [-0.3, -0.25) is 38.4 Å². The van der Waals surface area contributed by atoms with Gasteiger partial charge in [0, 0.05) is 49.1 Å². The number of benzene rings is 2. The van der Waals surface area contributed by atoms with E-state index in [2.05, 4.69) is 52.5 Å². The van der Waals surface area contributed by atoms with Crippen LogP contribution in [0.3, 0.4) is 0 Å². The quantitative estimate of drug-likeness (QED) is 0.0910. The second-order valence-electron chi connectivity index (χ2n) is 22.4. The standard InChI is InChI=1S/C58H78N12O10/c1-33(59-3)51(71)67-49(35-15-7-5-8-16-35)57(77)69-31-37(27-45(69)55(75)65-41-23-25-79-47-21-13-11-19-39(41)47)63-53(73)43-29-62-44(30-61-43)54(74)64-38-28-46(56(76)66-42-24-26-80-48-22-14-12-20-40(42)48)70(32-38)58(78)50(36-17-9-6-10-18-36)68-52(72)34(2)60-4/h11-14,19-22,29-30,33-38,41-42,45-46,49-50,59-60H,5-10,15-18,23-28,31-32H2,1-4H3,(H,63,73)(H,64,74)(H,65,75)(H,66,76)(H,67,71)(H,68,72)/t33-,34-,37-,38-,41?,42?,45-,46-,49-,50-/m0/s1. The molecule has 2 aliphatic carbocycles. The maximum absolute atomic E-state index is 14.9. The second kappa shape index (κ2) is 26.4. The van der Waals surface area contributed by atoms with E-state index in [4.69, 9.17) is 9.47 Å². The Bertz CT molecular complexity index is 2550. The van der Waals surface area contributed by atoms with Crippen LogP contribution in [-0.2, 0) is 28.8 Å². The number of nitrogens with zero attached hydrogens (tertiary/aromatic N) is 4. The van der Waals surface area contributed by atoms with Crippen LogP contribution in [0.25, 0.3) is 0 Å². The van der Waals surface area contributed by atoms with Crippen molar-refractivity contribution in [1.29, 1.82) is 0 Å². The molecule has 8 N–H and O–H groups in total. The number of carbonyl (C=O) groups excluding carboxylic acids is 8. The first-order chi connectivity index (χ1) is 38.7. The van der Waals surface area contributed by atoms with E-state index in [1.165, 1.54) is 22.2 Å². The van der Waals surface area contributed by atoms with Gasteiger partial charge in [0.05, 0.1) is 49.8 Å². The van der Waals surface area contributed by atoms with Crippen molar-refractivity contribution >= 4 is 47.3 Å². The Kier molecular flexibility index (Phi) is 19.0. The molecule has 1 aromatic heterocycles. The fraction of sp³-hybridized carbons (Fsp3) is 0.586. The van der Waals surface area contributed by atoms with Crippen molar-refractivity contribution in [2.24, 2.45) is 11.8 Å². The highest BCUT2D eigenvalue weighted by Gasteiger charge is 2.47. The Balaban J connectivity index is 0.896. The molecule has 2 unspecified atom stereocenters. The molecule has 3 aromatic rings. The van der Waals surface area contributed by atoms with E-state index in [0.29, 0.717) is 37.6 Å². The molecule has 2 aromatic carbocycles. The summed E-state index contributed by atoms with van der Waals surface area (Å²) in [5.74, 6) is -2.48. The number of fused-ring (bicyclic) bond motifs is 2. The van der Waals surface area contributed by atoms with Gasteiger partial charge < -0.3 is 61.8 Å². The van der Waals surface area contributed by atoms with Crippen molar-refractivity contribution in [2.75, 3.05) is 40.4 Å². The zero-order valence-electron chi connectivity index (χ0n) is 46.3. The zero-order chi connectivity index (χ0) is 56.5. The number of nitrogens with one attached hydrogen (secondary N) is 8. The zero-order valence-corrected chi connectivity index (χ0v) is 46.3. The van der Waals surface area contributed by atoms with Gasteiger partial charge in [-0.1, -0.05) is 74.9 Å². The summed E-state index contributed by atoms with van der Waals surface area (Å²) < 4.78 is 11.7. The average Bonchev–Trinajstić information content (AvgIpc) is 4.12. The van der Waals surface area contributed by atoms with Crippen molar-refractivity contribution in [1.82, 2.24) is 62.3 Å². The Morgan fingerprint density at radius 2 is 0.912 bits per heavy atom. The third kappa shape index (κ3) is 13.3. The highest BCUT2D eigenvalue weighted by Crippen LogP contribution is 2.36. The van der Waals surface area contributed by atoms with Crippen LogP contribution in [0.4, 0.5) is 0 Å². The van der Waals surface area contributed by atoms with E-state index in [9.17, 15) is 38.4 Å². The molecule has 2 saturated carbocycles. The monoisotopic (exact) mass is 1100 g/mol. The molecule has 2 saturated heterocycles. The Labute approximate surface area is 467 Å². The summed E-state index contributed by atoms with van der Waals surface area (Å²) in [6.07, 6.45) is 12.2. The molecule has 4 aliphatic heterocycles. The summed E-state index contributed by atoms with van der Waals surface area (Å²) in [4.78, 5) is 125. The van der Waals surface area contributed by atoms with Crippen LogP contribution in [0.15, 0.2) is 60.9 Å². The summed E-state index contributed by atoms with van der Waals surface area (Å²) in [5.41, 5.74) is 1.41. The Hall–Kier alpha value is -7.20. The largest absolute Gasteiger partial charge is 0.493 e. The van der Waals surface area contributed by atoms with E-state index >= 15 is 0 Å². The molecule has 10 atom stereocenters. The topological polar surface area (TPSA) is 284 Å². The smallest absolute Gasteiger partial charge is 0.271 e. The lowest BCUT2D eigenvalue weighted by molar-refractivity contribution is -0.143. The predicted molar refractivity (Wildman–Crippen MR) is 294 cm³/mol. The lowest BCUT2D eigenvalue weighted by Crippen LogP contribution is -2.58. The van der Waals surface area contributed by atoms with Crippen LogP contribution in [0.2, 0.25) is 0 Å². The second-order valence-corrected chi connectivity index (χ2v) is 22.4. The minimum atomic E-state index is -0.991. The molecule has 22 heteroatoms. The third-order valence-corrected chi connectivity index (χ3v) is 17.1. The maximum atomic E-state index is 14.9. The van der Waals surface area contributed by atoms with E-state index in [0.717, 1.165) is 75.3 Å². The van der Waals surface area contributed by atoms with Crippen LogP contribution in [0.5, 0.6) is 11.5 Å². The highest BCUT2D eigenvalue weighted by molar-refractivity contribution is 5.97. The van der Waals surface area contributed by atoms with Gasteiger partial charge >= 0.3 is 0 Å². The molecule has 6 aliphatic rings. The molecular formula is C58H78N12O10. The number of ether oxygens (including phenoxy) is 2. The van der Waals surface area contributed by atoms with Gasteiger partial charge in [0.1, 0.15) is 47.1 Å². The first-order valence-corrected chi connectivity index (χ1v) is 28.7. The minimum Gasteiger partial charge on any atom is -0.493 e. The number of rotatable bonds is 18. The predicted octanol–water partition coefficient (Wildman–Crippen LogP) is 2.50. The number of likely N-dealkylation sites (tertiary alicyclic amines) is 2. The molecule has 0 radical (unpaired) electrons. The number of hydrogen-bond donors (Lipinski definition) is 8. The van der Waals surface area contributed by atoms with Crippen LogP contribution >= 0.6 is 0 Å². The average molecular weight is 1100 g/mol. The molecule has 4 fully saturated rings. The van der Waals surface area contributed by atoms with Crippen LogP contribution in [0, 0.1) is 11.8 Å². The summed E-state index contributed by atoms with van der Waals surface area (Å²) in [6.45, 7) is 4.17. The molecule has 9 rings (SSSR count). The summed E-state index contributed by atoms with van der Waals surface area (Å²) in [6, 6.07) is 7.89. The fourth-order valence-corrected chi connectivity index (χ4v) is 12.3. The van der Waals surface area contributed by atoms with Gasteiger partial charge in [-0.25, -0.2) is 9.97 Å². The number of likely N-dealkylation sites (N-methyl/N-ethyl adjacent to an activating group) is 2. The van der Waals surface area contributed by atoms with Crippen LogP contribution in [0.1, 0.15) is 148 Å². The molecule has 22 nitrogen and oxygen atoms in total. The third-order valence-electron chi connectivity index (χ3n) is 17.1. The van der Waals surface area contributed by atoms with E-state index < -0.39 is 83.8 Å². The van der Waals surface area contributed by atoms with Crippen molar-refractivity contribution in [3.8, 4) is 11.5 Å². The summed E-state index contributed by atoms with van der Waals surface area (Å²) >= 11 is 0. The lowest BCUT2D eigenvalue weighted by atomic mass is 9.83. The van der Waals surface area contributed by atoms with E-state index in [1.54, 1.807) is 27.9 Å². The molecule has 8 amide bonds. The fourth-order valence-electron chi connectivity index (χ4n) is 12.3. The number of para-hydroxylation sites is 2. The molecule has 0 bridgehead atoms. The Morgan fingerprint density at radius 3 is 1.29 bits per heavy atom. The highest BCUT2D eigenvalue weighted by atomic mass is 16.5. The SMILES string of the molecule is CN[C@@H](C)C(=O)N[C@H](C(=O)N1C[C@@H](NC(=O)c2cnc(C(=O)N[C@H]3C[C@@H](C(=O)NC4CCOc5ccccc54)N(C(=O)[C@@H](NC(=O)[C@H](C)NC)C4CCCCC4)C3)cn2)C[C@H]1C(=O)NC1CCOc2ccccc21)C1CCCCC1. The molecule has 5 heterocycles. The van der Waals surface area contributed by atoms with Gasteiger partial charge in [0.15, 0.2) is 0 Å². The van der Waals surface area contributed by atoms with Crippen molar-refractivity contribution in [3.05, 3.63) is 83.4 Å². The normalized spacial score (nSPS) is 24.4.